The van der Waals surface area contributed by atoms with Gasteiger partial charge in [0.05, 0.1) is 13.2 Å². The number of carbonyl (C=O) groups excluding carboxylic acids is 1. The fourth-order valence-electron chi connectivity index (χ4n) is 1.68. The summed E-state index contributed by atoms with van der Waals surface area (Å²) in [6.45, 7) is 1.96. The highest BCUT2D eigenvalue weighted by Gasteiger charge is 2.15. The minimum atomic E-state index is -0.473. The fourth-order valence-corrected chi connectivity index (χ4v) is 2.08. The van der Waals surface area contributed by atoms with Crippen LogP contribution in [0.5, 0.6) is 0 Å². The molecule has 0 saturated carbocycles. The third-order valence-electron chi connectivity index (χ3n) is 2.69. The first-order chi connectivity index (χ1) is 9.11. The number of hydrogen-bond donors (Lipinski definition) is 1. The summed E-state index contributed by atoms with van der Waals surface area (Å²) in [5, 5.41) is 3.30. The number of furan rings is 1. The number of ether oxygens (including phenoxy) is 1. The Balaban J connectivity index is 2.12. The summed E-state index contributed by atoms with van der Waals surface area (Å²) in [4.78, 5) is 11.3. The number of hydrogen-bond acceptors (Lipinski definition) is 4. The number of halogens is 1. The van der Waals surface area contributed by atoms with E-state index >= 15 is 0 Å². The van der Waals surface area contributed by atoms with Gasteiger partial charge in [-0.2, -0.15) is 0 Å². The van der Waals surface area contributed by atoms with Crippen LogP contribution >= 0.6 is 15.9 Å². The van der Waals surface area contributed by atoms with E-state index in [4.69, 9.17) is 4.42 Å². The van der Waals surface area contributed by atoms with Gasteiger partial charge in [0.25, 0.3) is 0 Å². The molecule has 0 spiro atoms. The Hall–Kier alpha value is -1.75. The van der Waals surface area contributed by atoms with Gasteiger partial charge in [-0.15, -0.1) is 0 Å². The Morgan fingerprint density at radius 3 is 2.74 bits per heavy atom. The molecule has 1 aromatic heterocycles. The molecule has 19 heavy (non-hydrogen) atoms. The minimum absolute atomic E-state index is 0.0582. The number of nitrogens with one attached hydrogen (secondary N) is 1. The van der Waals surface area contributed by atoms with Gasteiger partial charge < -0.3 is 14.5 Å². The van der Waals surface area contributed by atoms with Gasteiger partial charge in [0.1, 0.15) is 5.76 Å². The van der Waals surface area contributed by atoms with Crippen molar-refractivity contribution in [2.24, 2.45) is 0 Å². The molecule has 1 atom stereocenters. The van der Waals surface area contributed by atoms with Crippen molar-refractivity contribution in [3.63, 3.8) is 0 Å². The van der Waals surface area contributed by atoms with Crippen molar-refractivity contribution in [3.05, 3.63) is 52.4 Å². The maximum Gasteiger partial charge on any atom is 0.373 e. The van der Waals surface area contributed by atoms with Crippen LogP contribution in [0.15, 0.2) is 45.3 Å². The summed E-state index contributed by atoms with van der Waals surface area (Å²) in [5.41, 5.74) is 0.964. The van der Waals surface area contributed by atoms with Gasteiger partial charge in [-0.25, -0.2) is 4.79 Å². The quantitative estimate of drug-likeness (QED) is 0.864. The van der Waals surface area contributed by atoms with E-state index in [0.29, 0.717) is 5.76 Å². The second kappa shape index (κ2) is 5.93. The predicted molar refractivity (Wildman–Crippen MR) is 76.2 cm³/mol. The van der Waals surface area contributed by atoms with Crippen LogP contribution in [0.1, 0.15) is 29.3 Å². The average Bonchev–Trinajstić information content (AvgIpc) is 2.90. The number of carbonyl (C=O) groups is 1. The van der Waals surface area contributed by atoms with Crippen LogP contribution in [-0.2, 0) is 4.74 Å². The molecule has 1 N–H and O–H groups in total. The molecule has 2 rings (SSSR count). The van der Waals surface area contributed by atoms with E-state index in [9.17, 15) is 4.79 Å². The SMILES string of the molecule is COC(=O)c1ccc(C(C)Nc2ccccc2Br)o1. The molecule has 0 amide bonds. The molecule has 4 nitrogen and oxygen atoms in total. The number of esters is 1. The number of anilines is 1. The van der Waals surface area contributed by atoms with Crippen LogP contribution in [0, 0.1) is 0 Å². The summed E-state index contributed by atoms with van der Waals surface area (Å²) in [6, 6.07) is 11.1. The van der Waals surface area contributed by atoms with Gasteiger partial charge in [-0.1, -0.05) is 12.1 Å². The lowest BCUT2D eigenvalue weighted by atomic mass is 10.2. The first-order valence-electron chi connectivity index (χ1n) is 5.81. The maximum absolute atomic E-state index is 11.3. The molecule has 0 bridgehead atoms. The summed E-state index contributed by atoms with van der Waals surface area (Å²) in [5.74, 6) is 0.411. The second-order valence-corrected chi connectivity index (χ2v) is 4.89. The minimum Gasteiger partial charge on any atom is -0.463 e. The zero-order chi connectivity index (χ0) is 13.8. The Bertz CT molecular complexity index is 580. The number of benzene rings is 1. The molecule has 1 aromatic carbocycles. The molecule has 0 fully saturated rings. The van der Waals surface area contributed by atoms with Crippen LogP contribution in [-0.4, -0.2) is 13.1 Å². The maximum atomic E-state index is 11.3. The predicted octanol–water partition coefficient (Wildman–Crippen LogP) is 4.00. The molecule has 0 radical (unpaired) electrons. The summed E-state index contributed by atoms with van der Waals surface area (Å²) in [7, 11) is 1.33. The van der Waals surface area contributed by atoms with E-state index in [-0.39, 0.29) is 11.8 Å². The van der Waals surface area contributed by atoms with Crippen molar-refractivity contribution in [1.82, 2.24) is 0 Å². The molecule has 1 heterocycles. The molecule has 100 valence electrons. The Kier molecular flexibility index (Phi) is 4.27. The topological polar surface area (TPSA) is 51.5 Å². The van der Waals surface area contributed by atoms with E-state index < -0.39 is 5.97 Å². The van der Waals surface area contributed by atoms with Gasteiger partial charge in [-0.05, 0) is 47.1 Å². The first kappa shape index (κ1) is 13.7. The van der Waals surface area contributed by atoms with Crippen molar-refractivity contribution in [2.75, 3.05) is 12.4 Å². The Labute approximate surface area is 119 Å². The molecule has 5 heteroatoms. The van der Waals surface area contributed by atoms with E-state index in [0.717, 1.165) is 10.2 Å². The molecule has 1 unspecified atom stereocenters. The summed E-state index contributed by atoms with van der Waals surface area (Å²) in [6.07, 6.45) is 0. The van der Waals surface area contributed by atoms with Crippen molar-refractivity contribution in [3.8, 4) is 0 Å². The zero-order valence-corrected chi connectivity index (χ0v) is 12.2. The highest BCUT2D eigenvalue weighted by molar-refractivity contribution is 9.10. The normalized spacial score (nSPS) is 11.9. The van der Waals surface area contributed by atoms with Crippen LogP contribution < -0.4 is 5.32 Å². The molecule has 2 aromatic rings. The molecule has 0 aliphatic heterocycles. The Morgan fingerprint density at radius 1 is 1.32 bits per heavy atom. The zero-order valence-electron chi connectivity index (χ0n) is 10.6. The lowest BCUT2D eigenvalue weighted by Crippen LogP contribution is -2.06. The van der Waals surface area contributed by atoms with Crippen LogP contribution in [0.25, 0.3) is 0 Å². The Morgan fingerprint density at radius 2 is 2.05 bits per heavy atom. The summed E-state index contributed by atoms with van der Waals surface area (Å²) >= 11 is 3.47. The monoisotopic (exact) mass is 323 g/mol. The van der Waals surface area contributed by atoms with Crippen molar-refractivity contribution in [2.45, 2.75) is 13.0 Å². The van der Waals surface area contributed by atoms with E-state index in [1.165, 1.54) is 7.11 Å². The van der Waals surface area contributed by atoms with Gasteiger partial charge >= 0.3 is 5.97 Å². The van der Waals surface area contributed by atoms with E-state index in [1.807, 2.05) is 31.2 Å². The van der Waals surface area contributed by atoms with Crippen molar-refractivity contribution >= 4 is 27.6 Å². The second-order valence-electron chi connectivity index (χ2n) is 4.04. The van der Waals surface area contributed by atoms with Crippen LogP contribution in [0.2, 0.25) is 0 Å². The van der Waals surface area contributed by atoms with E-state index in [1.54, 1.807) is 12.1 Å². The molecule has 0 aliphatic rings. The van der Waals surface area contributed by atoms with Gasteiger partial charge in [0.2, 0.25) is 5.76 Å². The number of rotatable bonds is 4. The highest BCUT2D eigenvalue weighted by atomic mass is 79.9. The standard InChI is InChI=1S/C14H14BrNO3/c1-9(16-11-6-4-3-5-10(11)15)12-7-8-13(19-12)14(17)18-2/h3-9,16H,1-2H3. The fraction of sp³-hybridized carbons (Fsp3) is 0.214. The van der Waals surface area contributed by atoms with E-state index in [2.05, 4.69) is 26.0 Å². The molecule has 0 aliphatic carbocycles. The van der Waals surface area contributed by atoms with Gasteiger partial charge in [0, 0.05) is 10.2 Å². The third-order valence-corrected chi connectivity index (χ3v) is 3.38. The summed E-state index contributed by atoms with van der Waals surface area (Å²) < 4.78 is 11.0. The first-order valence-corrected chi connectivity index (χ1v) is 6.60. The highest BCUT2D eigenvalue weighted by Crippen LogP contribution is 2.27. The molecule has 0 saturated heterocycles. The van der Waals surface area contributed by atoms with Crippen LogP contribution in [0.4, 0.5) is 5.69 Å². The van der Waals surface area contributed by atoms with Crippen molar-refractivity contribution < 1.29 is 13.9 Å². The lowest BCUT2D eigenvalue weighted by Gasteiger charge is -2.14. The average molecular weight is 324 g/mol. The smallest absolute Gasteiger partial charge is 0.373 e. The number of methoxy groups -OCH3 is 1. The van der Waals surface area contributed by atoms with Crippen LogP contribution in [0.3, 0.4) is 0 Å². The van der Waals surface area contributed by atoms with Gasteiger partial charge in [0.15, 0.2) is 0 Å². The largest absolute Gasteiger partial charge is 0.463 e. The molecular formula is C14H14BrNO3. The van der Waals surface area contributed by atoms with Gasteiger partial charge in [-0.3, -0.25) is 0 Å². The lowest BCUT2D eigenvalue weighted by molar-refractivity contribution is 0.0562. The van der Waals surface area contributed by atoms with Crippen molar-refractivity contribution in [1.29, 1.82) is 0 Å². The molecular weight excluding hydrogens is 310 g/mol. The third kappa shape index (κ3) is 3.17. The number of para-hydroxylation sites is 1.